The second-order valence-corrected chi connectivity index (χ2v) is 6.81. The number of aryl methyl sites for hydroxylation is 1. The maximum Gasteiger partial charge on any atom is 0.220 e. The number of aromatic nitrogens is 3. The summed E-state index contributed by atoms with van der Waals surface area (Å²) in [5.41, 5.74) is 10.3. The molecule has 3 heterocycles. The molecule has 0 aliphatic carbocycles. The molecule has 0 saturated heterocycles. The van der Waals surface area contributed by atoms with Crippen LogP contribution in [0.1, 0.15) is 32.9 Å². The van der Waals surface area contributed by atoms with Crippen molar-refractivity contribution in [2.24, 2.45) is 0 Å². The molecule has 6 heteroatoms. The van der Waals surface area contributed by atoms with Crippen molar-refractivity contribution in [3.05, 3.63) is 76.7 Å². The molecule has 0 atom stereocenters. The molecule has 0 unspecified atom stereocenters. The first kappa shape index (κ1) is 17.1. The predicted octanol–water partition coefficient (Wildman–Crippen LogP) is 2.75. The normalized spacial score (nSPS) is 13.3. The van der Waals surface area contributed by atoms with Crippen LogP contribution in [0.25, 0.3) is 0 Å². The zero-order valence-corrected chi connectivity index (χ0v) is 15.2. The summed E-state index contributed by atoms with van der Waals surface area (Å²) >= 11 is 0. The van der Waals surface area contributed by atoms with Gasteiger partial charge in [-0.25, -0.2) is 15.0 Å². The number of Topliss-reactive ketones (excluding diaryl/α,β-unsaturated/α-hetero) is 1. The van der Waals surface area contributed by atoms with Gasteiger partial charge in [-0.1, -0.05) is 30.3 Å². The van der Waals surface area contributed by atoms with Crippen molar-refractivity contribution in [1.82, 2.24) is 15.0 Å². The van der Waals surface area contributed by atoms with Gasteiger partial charge in [0.2, 0.25) is 5.95 Å². The van der Waals surface area contributed by atoms with Gasteiger partial charge in [0.05, 0.1) is 5.69 Å². The van der Waals surface area contributed by atoms with Gasteiger partial charge in [-0.2, -0.15) is 0 Å². The fraction of sp³-hybridized carbons (Fsp3) is 0.238. The highest BCUT2D eigenvalue weighted by Gasteiger charge is 2.20. The van der Waals surface area contributed by atoms with Gasteiger partial charge < -0.3 is 10.6 Å². The lowest BCUT2D eigenvalue weighted by Crippen LogP contribution is -2.32. The Morgan fingerprint density at radius 1 is 1.19 bits per heavy atom. The predicted molar refractivity (Wildman–Crippen MR) is 105 cm³/mol. The Bertz CT molecular complexity index is 987. The molecule has 2 aromatic heterocycles. The summed E-state index contributed by atoms with van der Waals surface area (Å²) in [4.78, 5) is 28.0. The summed E-state index contributed by atoms with van der Waals surface area (Å²) in [5, 5.41) is 0. The number of fused-ring (bicyclic) bond motifs is 1. The number of nitrogens with zero attached hydrogens (tertiary/aromatic N) is 4. The lowest BCUT2D eigenvalue weighted by atomic mass is 10.0. The molecule has 0 radical (unpaired) electrons. The molecule has 0 bridgehead atoms. The molecule has 27 heavy (non-hydrogen) atoms. The Morgan fingerprint density at radius 2 is 2.00 bits per heavy atom. The number of anilines is 2. The van der Waals surface area contributed by atoms with Gasteiger partial charge in [-0.3, -0.25) is 4.79 Å². The van der Waals surface area contributed by atoms with E-state index < -0.39 is 0 Å². The molecule has 2 N–H and O–H groups in total. The van der Waals surface area contributed by atoms with Crippen LogP contribution in [0.3, 0.4) is 0 Å². The van der Waals surface area contributed by atoms with Gasteiger partial charge in [0.15, 0.2) is 5.78 Å². The monoisotopic (exact) mass is 359 g/mol. The van der Waals surface area contributed by atoms with E-state index in [9.17, 15) is 4.79 Å². The van der Waals surface area contributed by atoms with Gasteiger partial charge in [0.25, 0.3) is 0 Å². The number of carbonyl (C=O) groups is 1. The largest absolute Gasteiger partial charge is 0.368 e. The summed E-state index contributed by atoms with van der Waals surface area (Å²) in [5.74, 6) is 1.22. The van der Waals surface area contributed by atoms with Crippen LogP contribution in [-0.4, -0.2) is 27.3 Å². The molecule has 3 aromatic rings. The molecule has 1 aromatic carbocycles. The number of pyridine rings is 1. The van der Waals surface area contributed by atoms with Crippen LogP contribution in [0.15, 0.2) is 48.7 Å². The highest BCUT2D eigenvalue weighted by atomic mass is 16.1. The number of rotatable bonds is 4. The van der Waals surface area contributed by atoms with E-state index in [2.05, 4.69) is 19.9 Å². The Balaban J connectivity index is 1.57. The summed E-state index contributed by atoms with van der Waals surface area (Å²) in [6.07, 6.45) is 2.95. The van der Waals surface area contributed by atoms with Crippen LogP contribution < -0.4 is 10.6 Å². The molecule has 6 nitrogen and oxygen atoms in total. The summed E-state index contributed by atoms with van der Waals surface area (Å²) in [6.45, 7) is 3.37. The van der Waals surface area contributed by atoms with Gasteiger partial charge in [-0.05, 0) is 24.6 Å². The fourth-order valence-electron chi connectivity index (χ4n) is 3.38. The van der Waals surface area contributed by atoms with E-state index in [0.29, 0.717) is 24.5 Å². The van der Waals surface area contributed by atoms with Crippen LogP contribution in [0.2, 0.25) is 0 Å². The average molecular weight is 359 g/mol. The molecule has 1 aliphatic heterocycles. The van der Waals surface area contributed by atoms with Crippen LogP contribution in [0.5, 0.6) is 0 Å². The standard InChI is InChI=1S/C21H21N5O/c1-14-9-16(19(27)10-15-5-3-2-4-6-15)11-20(24-14)26-8-7-18-17(13-26)12-23-21(22)25-18/h2-6,9,11-12H,7-8,10,13H2,1H3,(H2,22,23,25). The van der Waals surface area contributed by atoms with Crippen molar-refractivity contribution < 1.29 is 4.79 Å². The van der Waals surface area contributed by atoms with Crippen LogP contribution in [-0.2, 0) is 19.4 Å². The van der Waals surface area contributed by atoms with Crippen molar-refractivity contribution in [3.8, 4) is 0 Å². The van der Waals surface area contributed by atoms with Gasteiger partial charge in [-0.15, -0.1) is 0 Å². The maximum absolute atomic E-state index is 12.8. The van der Waals surface area contributed by atoms with Crippen LogP contribution in [0, 0.1) is 6.92 Å². The minimum Gasteiger partial charge on any atom is -0.368 e. The third-order valence-corrected chi connectivity index (χ3v) is 4.75. The average Bonchev–Trinajstić information content (AvgIpc) is 2.68. The Hall–Kier alpha value is -3.28. The minimum atomic E-state index is 0.0986. The second-order valence-electron chi connectivity index (χ2n) is 6.81. The first-order chi connectivity index (χ1) is 13.1. The van der Waals surface area contributed by atoms with Gasteiger partial charge >= 0.3 is 0 Å². The Labute approximate surface area is 158 Å². The smallest absolute Gasteiger partial charge is 0.220 e. The zero-order valence-electron chi connectivity index (χ0n) is 15.2. The third-order valence-electron chi connectivity index (χ3n) is 4.75. The minimum absolute atomic E-state index is 0.0986. The van der Waals surface area contributed by atoms with Crippen LogP contribution in [0.4, 0.5) is 11.8 Å². The summed E-state index contributed by atoms with van der Waals surface area (Å²) in [7, 11) is 0. The SMILES string of the molecule is Cc1cc(C(=O)Cc2ccccc2)cc(N2CCc3nc(N)ncc3C2)n1. The zero-order chi connectivity index (χ0) is 18.8. The van der Waals surface area contributed by atoms with E-state index in [1.54, 1.807) is 6.20 Å². The summed E-state index contributed by atoms with van der Waals surface area (Å²) in [6, 6.07) is 13.5. The number of nitrogen functional groups attached to an aromatic ring is 1. The van der Waals surface area contributed by atoms with Crippen molar-refractivity contribution in [3.63, 3.8) is 0 Å². The lowest BCUT2D eigenvalue weighted by Gasteiger charge is -2.29. The molecular formula is C21H21N5O. The van der Waals surface area contributed by atoms with E-state index in [0.717, 1.165) is 41.3 Å². The van der Waals surface area contributed by atoms with E-state index in [1.807, 2.05) is 49.4 Å². The van der Waals surface area contributed by atoms with Crippen LogP contribution >= 0.6 is 0 Å². The van der Waals surface area contributed by atoms with Crippen molar-refractivity contribution >= 4 is 17.5 Å². The molecule has 0 spiro atoms. The number of nitrogens with two attached hydrogens (primary N) is 1. The maximum atomic E-state index is 12.8. The quantitative estimate of drug-likeness (QED) is 0.721. The second kappa shape index (κ2) is 7.15. The van der Waals surface area contributed by atoms with E-state index in [1.165, 1.54) is 0 Å². The number of ketones is 1. The number of hydrogen-bond acceptors (Lipinski definition) is 6. The van der Waals surface area contributed by atoms with Gasteiger partial charge in [0.1, 0.15) is 5.82 Å². The van der Waals surface area contributed by atoms with Gasteiger partial charge in [0, 0.05) is 48.9 Å². The molecule has 1 aliphatic rings. The Kier molecular flexibility index (Phi) is 4.54. The lowest BCUT2D eigenvalue weighted by molar-refractivity contribution is 0.0993. The molecule has 0 saturated carbocycles. The fourth-order valence-corrected chi connectivity index (χ4v) is 3.38. The van der Waals surface area contributed by atoms with Crippen molar-refractivity contribution in [2.75, 3.05) is 17.2 Å². The Morgan fingerprint density at radius 3 is 2.81 bits per heavy atom. The highest BCUT2D eigenvalue weighted by molar-refractivity contribution is 5.98. The summed E-state index contributed by atoms with van der Waals surface area (Å²) < 4.78 is 0. The topological polar surface area (TPSA) is 85.0 Å². The first-order valence-electron chi connectivity index (χ1n) is 8.99. The molecule has 4 rings (SSSR count). The highest BCUT2D eigenvalue weighted by Crippen LogP contribution is 2.24. The molecular weight excluding hydrogens is 338 g/mol. The molecule has 0 amide bonds. The van der Waals surface area contributed by atoms with Crippen molar-refractivity contribution in [1.29, 1.82) is 0 Å². The van der Waals surface area contributed by atoms with E-state index in [-0.39, 0.29) is 5.78 Å². The molecule has 136 valence electrons. The third kappa shape index (κ3) is 3.79. The van der Waals surface area contributed by atoms with E-state index in [4.69, 9.17) is 5.73 Å². The number of benzene rings is 1. The first-order valence-corrected chi connectivity index (χ1v) is 8.99. The van der Waals surface area contributed by atoms with Crippen molar-refractivity contribution in [2.45, 2.75) is 26.3 Å². The number of hydrogen-bond donors (Lipinski definition) is 1. The molecule has 0 fully saturated rings. The van der Waals surface area contributed by atoms with E-state index >= 15 is 0 Å². The number of carbonyl (C=O) groups excluding carboxylic acids is 1.